The molecular weight excluding hydrogens is 384 g/mol. The third-order valence-corrected chi connectivity index (χ3v) is 5.15. The van der Waals surface area contributed by atoms with Gasteiger partial charge in [0.05, 0.1) is 0 Å². The van der Waals surface area contributed by atoms with Crippen molar-refractivity contribution in [1.29, 1.82) is 0 Å². The van der Waals surface area contributed by atoms with Crippen LogP contribution in [0.1, 0.15) is 17.3 Å². The number of carbonyl (C=O) groups excluding carboxylic acids is 1. The van der Waals surface area contributed by atoms with E-state index in [4.69, 9.17) is 0 Å². The van der Waals surface area contributed by atoms with Gasteiger partial charge in [0.15, 0.2) is 5.78 Å². The summed E-state index contributed by atoms with van der Waals surface area (Å²) in [6, 6.07) is 29.0. The fourth-order valence-corrected chi connectivity index (χ4v) is 3.82. The molecule has 0 aliphatic rings. The molecule has 0 aromatic heterocycles. The molecule has 4 rings (SSSR count). The van der Waals surface area contributed by atoms with Gasteiger partial charge in [-0.3, -0.25) is 4.79 Å². The highest BCUT2D eigenvalue weighted by molar-refractivity contribution is 9.10. The number of ketones is 1. The average Bonchev–Trinajstić information content (AvgIpc) is 2.67. The predicted octanol–water partition coefficient (Wildman–Crippen LogP) is 7.14. The zero-order valence-corrected chi connectivity index (χ0v) is 16.0. The van der Waals surface area contributed by atoms with Crippen LogP contribution in [0.15, 0.2) is 89.4 Å². The standard InChI is InChI=1S/C24H17BrO/c1-16(26)24-15-18(25)13-14-23(24)22-11-5-4-10-21(22)20-12-6-8-17-7-2-3-9-19(17)20/h2-15H,1H3. The summed E-state index contributed by atoms with van der Waals surface area (Å²) < 4.78 is 0.911. The van der Waals surface area contributed by atoms with Crippen LogP contribution in [-0.2, 0) is 0 Å². The largest absolute Gasteiger partial charge is 0.294 e. The number of rotatable bonds is 3. The van der Waals surface area contributed by atoms with Crippen molar-refractivity contribution < 1.29 is 4.79 Å². The lowest BCUT2D eigenvalue weighted by molar-refractivity contribution is 0.101. The molecule has 26 heavy (non-hydrogen) atoms. The van der Waals surface area contributed by atoms with Gasteiger partial charge in [0.1, 0.15) is 0 Å². The second-order valence-electron chi connectivity index (χ2n) is 6.32. The molecule has 2 heteroatoms. The number of hydrogen-bond donors (Lipinski definition) is 0. The Morgan fingerprint density at radius 1 is 0.692 bits per heavy atom. The van der Waals surface area contributed by atoms with Gasteiger partial charge in [-0.2, -0.15) is 0 Å². The van der Waals surface area contributed by atoms with Gasteiger partial charge in [-0.25, -0.2) is 0 Å². The highest BCUT2D eigenvalue weighted by Crippen LogP contribution is 2.38. The van der Waals surface area contributed by atoms with E-state index in [0.29, 0.717) is 0 Å². The first-order valence-electron chi connectivity index (χ1n) is 8.53. The smallest absolute Gasteiger partial charge is 0.160 e. The summed E-state index contributed by atoms with van der Waals surface area (Å²) in [5, 5.41) is 2.42. The van der Waals surface area contributed by atoms with Crippen molar-refractivity contribution in [2.24, 2.45) is 0 Å². The van der Waals surface area contributed by atoms with Crippen LogP contribution >= 0.6 is 15.9 Å². The van der Waals surface area contributed by atoms with Crippen LogP contribution in [0.25, 0.3) is 33.0 Å². The Morgan fingerprint density at radius 2 is 1.31 bits per heavy atom. The van der Waals surface area contributed by atoms with E-state index in [1.165, 1.54) is 16.3 Å². The van der Waals surface area contributed by atoms with E-state index in [9.17, 15) is 4.79 Å². The molecule has 0 fully saturated rings. The fourth-order valence-electron chi connectivity index (χ4n) is 3.46. The van der Waals surface area contributed by atoms with Crippen LogP contribution in [0.3, 0.4) is 0 Å². The van der Waals surface area contributed by atoms with Gasteiger partial charge in [0.25, 0.3) is 0 Å². The molecule has 1 nitrogen and oxygen atoms in total. The molecule has 0 unspecified atom stereocenters. The third-order valence-electron chi connectivity index (χ3n) is 4.66. The van der Waals surface area contributed by atoms with Gasteiger partial charge in [-0.1, -0.05) is 88.7 Å². The van der Waals surface area contributed by atoms with Crippen LogP contribution in [0.2, 0.25) is 0 Å². The fraction of sp³-hybridized carbons (Fsp3) is 0.0417. The summed E-state index contributed by atoms with van der Waals surface area (Å²) in [7, 11) is 0. The molecular formula is C24H17BrO. The number of carbonyl (C=O) groups is 1. The van der Waals surface area contributed by atoms with Gasteiger partial charge in [-0.05, 0) is 52.1 Å². The lowest BCUT2D eigenvalue weighted by Gasteiger charge is -2.15. The van der Waals surface area contributed by atoms with Crippen LogP contribution in [0.4, 0.5) is 0 Å². The molecule has 0 N–H and O–H groups in total. The molecule has 4 aromatic rings. The SMILES string of the molecule is CC(=O)c1cc(Br)ccc1-c1ccccc1-c1cccc2ccccc12. The van der Waals surface area contributed by atoms with E-state index >= 15 is 0 Å². The first-order valence-corrected chi connectivity index (χ1v) is 9.32. The summed E-state index contributed by atoms with van der Waals surface area (Å²) in [5.74, 6) is 0.0639. The first-order chi connectivity index (χ1) is 12.6. The lowest BCUT2D eigenvalue weighted by atomic mass is 9.89. The number of hydrogen-bond acceptors (Lipinski definition) is 1. The lowest BCUT2D eigenvalue weighted by Crippen LogP contribution is -1.97. The van der Waals surface area contributed by atoms with Crippen LogP contribution in [-0.4, -0.2) is 5.78 Å². The van der Waals surface area contributed by atoms with Gasteiger partial charge >= 0.3 is 0 Å². The Balaban J connectivity index is 2.02. The van der Waals surface area contributed by atoms with E-state index in [1.54, 1.807) is 6.92 Å². The molecule has 0 aliphatic carbocycles. The van der Waals surface area contributed by atoms with E-state index in [2.05, 4.69) is 70.5 Å². The van der Waals surface area contributed by atoms with E-state index in [-0.39, 0.29) is 5.78 Å². The normalized spacial score (nSPS) is 10.8. The molecule has 0 spiro atoms. The first kappa shape index (κ1) is 16.7. The quantitative estimate of drug-likeness (QED) is 0.334. The molecule has 0 heterocycles. The van der Waals surface area contributed by atoms with E-state index < -0.39 is 0 Å². The Hall–Kier alpha value is -2.71. The molecule has 0 radical (unpaired) electrons. The maximum Gasteiger partial charge on any atom is 0.160 e. The molecule has 4 aromatic carbocycles. The van der Waals surface area contributed by atoms with Gasteiger partial charge in [0, 0.05) is 10.0 Å². The number of Topliss-reactive ketones (excluding diaryl/α,β-unsaturated/α-hetero) is 1. The van der Waals surface area contributed by atoms with Crippen molar-refractivity contribution in [3.05, 3.63) is 95.0 Å². The van der Waals surface area contributed by atoms with Gasteiger partial charge in [-0.15, -0.1) is 0 Å². The molecule has 0 amide bonds. The minimum Gasteiger partial charge on any atom is -0.294 e. The molecule has 126 valence electrons. The number of benzene rings is 4. The predicted molar refractivity (Wildman–Crippen MR) is 113 cm³/mol. The van der Waals surface area contributed by atoms with Crippen molar-refractivity contribution in [2.45, 2.75) is 6.92 Å². The Kier molecular flexibility index (Phi) is 4.44. The van der Waals surface area contributed by atoms with Crippen molar-refractivity contribution in [2.75, 3.05) is 0 Å². The zero-order chi connectivity index (χ0) is 18.1. The molecule has 0 saturated heterocycles. The van der Waals surface area contributed by atoms with E-state index in [1.807, 2.05) is 30.3 Å². The van der Waals surface area contributed by atoms with Gasteiger partial charge < -0.3 is 0 Å². The van der Waals surface area contributed by atoms with Crippen LogP contribution in [0, 0.1) is 0 Å². The van der Waals surface area contributed by atoms with Crippen molar-refractivity contribution in [3.63, 3.8) is 0 Å². The van der Waals surface area contributed by atoms with Gasteiger partial charge in [0.2, 0.25) is 0 Å². The summed E-state index contributed by atoms with van der Waals surface area (Å²) in [4.78, 5) is 12.2. The molecule has 0 aliphatic heterocycles. The summed E-state index contributed by atoms with van der Waals surface area (Å²) >= 11 is 3.48. The highest BCUT2D eigenvalue weighted by atomic mass is 79.9. The highest BCUT2D eigenvalue weighted by Gasteiger charge is 2.15. The minimum absolute atomic E-state index is 0.0639. The minimum atomic E-state index is 0.0639. The Labute approximate surface area is 161 Å². The average molecular weight is 401 g/mol. The van der Waals surface area contributed by atoms with Crippen LogP contribution < -0.4 is 0 Å². The summed E-state index contributed by atoms with van der Waals surface area (Å²) in [6.07, 6.45) is 0. The van der Waals surface area contributed by atoms with Crippen molar-refractivity contribution in [3.8, 4) is 22.3 Å². The zero-order valence-electron chi connectivity index (χ0n) is 14.4. The van der Waals surface area contributed by atoms with Crippen molar-refractivity contribution >= 4 is 32.5 Å². The Morgan fingerprint density at radius 3 is 2.08 bits per heavy atom. The molecule has 0 atom stereocenters. The number of halogens is 1. The summed E-state index contributed by atoms with van der Waals surface area (Å²) in [5.41, 5.74) is 5.07. The van der Waals surface area contributed by atoms with Crippen LogP contribution in [0.5, 0.6) is 0 Å². The third kappa shape index (κ3) is 2.97. The van der Waals surface area contributed by atoms with Crippen molar-refractivity contribution in [1.82, 2.24) is 0 Å². The summed E-state index contributed by atoms with van der Waals surface area (Å²) in [6.45, 7) is 1.62. The Bertz CT molecular complexity index is 1120. The van der Waals surface area contributed by atoms with E-state index in [0.717, 1.165) is 26.7 Å². The topological polar surface area (TPSA) is 17.1 Å². The maximum absolute atomic E-state index is 12.2. The number of fused-ring (bicyclic) bond motifs is 1. The second kappa shape index (κ2) is 6.89. The maximum atomic E-state index is 12.2. The molecule has 0 bridgehead atoms. The monoisotopic (exact) mass is 400 g/mol. The second-order valence-corrected chi connectivity index (χ2v) is 7.23. The molecule has 0 saturated carbocycles.